The van der Waals surface area contributed by atoms with Crippen LogP contribution >= 0.6 is 11.6 Å². The summed E-state index contributed by atoms with van der Waals surface area (Å²) in [5.41, 5.74) is 1.10. The molecule has 1 amide bonds. The quantitative estimate of drug-likeness (QED) is 0.617. The third kappa shape index (κ3) is 5.75. The maximum absolute atomic E-state index is 12.0. The number of benzene rings is 1. The normalized spacial score (nSPS) is 14.9. The molecule has 0 bridgehead atoms. The molecule has 0 atom stereocenters. The molecule has 1 saturated heterocycles. The Balaban J connectivity index is 1.81. The first-order chi connectivity index (χ1) is 11.2. The maximum Gasteiger partial charge on any atom is 0.244 e. The fourth-order valence-electron chi connectivity index (χ4n) is 2.57. The first kappa shape index (κ1) is 17.6. The molecule has 1 aromatic rings. The Labute approximate surface area is 143 Å². The van der Waals surface area contributed by atoms with Crippen LogP contribution in [-0.4, -0.2) is 49.5 Å². The number of guanidine groups is 1. The van der Waals surface area contributed by atoms with E-state index in [4.69, 9.17) is 11.6 Å². The van der Waals surface area contributed by atoms with Crippen LogP contribution in [0, 0.1) is 0 Å². The van der Waals surface area contributed by atoms with Gasteiger partial charge >= 0.3 is 0 Å². The predicted octanol–water partition coefficient (Wildman–Crippen LogP) is 2.06. The number of carbonyl (C=O) groups excluding carboxylic acids is 1. The summed E-state index contributed by atoms with van der Waals surface area (Å²) in [5, 5.41) is 7.19. The summed E-state index contributed by atoms with van der Waals surface area (Å²) in [5.74, 6) is 0.776. The number of carbonyl (C=O) groups is 1. The van der Waals surface area contributed by atoms with Gasteiger partial charge in [-0.3, -0.25) is 4.79 Å². The van der Waals surface area contributed by atoms with Crippen LogP contribution in [0.3, 0.4) is 0 Å². The summed E-state index contributed by atoms with van der Waals surface area (Å²) in [6.45, 7) is 5.41. The first-order valence-electron chi connectivity index (χ1n) is 8.24. The molecule has 0 aromatic heterocycles. The minimum atomic E-state index is 0.103. The molecule has 1 aromatic carbocycles. The van der Waals surface area contributed by atoms with Crippen molar-refractivity contribution in [3.8, 4) is 0 Å². The molecule has 1 fully saturated rings. The molecule has 2 rings (SSSR count). The van der Waals surface area contributed by atoms with Gasteiger partial charge in [-0.2, -0.15) is 0 Å². The Kier molecular flexibility index (Phi) is 7.20. The second-order valence-electron chi connectivity index (χ2n) is 5.55. The molecule has 0 aliphatic carbocycles. The zero-order valence-corrected chi connectivity index (χ0v) is 14.4. The largest absolute Gasteiger partial charge is 0.357 e. The van der Waals surface area contributed by atoms with Gasteiger partial charge in [-0.1, -0.05) is 29.8 Å². The first-order valence-corrected chi connectivity index (χ1v) is 8.62. The van der Waals surface area contributed by atoms with Gasteiger partial charge in [-0.15, -0.1) is 0 Å². The molecule has 23 heavy (non-hydrogen) atoms. The molecular weight excluding hydrogens is 312 g/mol. The highest BCUT2D eigenvalue weighted by Gasteiger charge is 2.17. The number of hydrogen-bond donors (Lipinski definition) is 2. The molecule has 0 saturated carbocycles. The third-order valence-electron chi connectivity index (χ3n) is 3.82. The Morgan fingerprint density at radius 1 is 1.26 bits per heavy atom. The minimum absolute atomic E-state index is 0.103. The van der Waals surface area contributed by atoms with Gasteiger partial charge in [0.2, 0.25) is 5.91 Å². The topological polar surface area (TPSA) is 56.7 Å². The van der Waals surface area contributed by atoms with Gasteiger partial charge < -0.3 is 15.5 Å². The van der Waals surface area contributed by atoms with Crippen molar-refractivity contribution in [2.45, 2.75) is 26.2 Å². The number of nitrogens with zero attached hydrogens (tertiary/aromatic N) is 2. The van der Waals surface area contributed by atoms with Gasteiger partial charge in [0.15, 0.2) is 5.96 Å². The van der Waals surface area contributed by atoms with Crippen LogP contribution in [-0.2, 0) is 11.2 Å². The van der Waals surface area contributed by atoms with Crippen molar-refractivity contribution in [1.82, 2.24) is 15.5 Å². The zero-order chi connectivity index (χ0) is 16.5. The number of amides is 1. The molecule has 6 heteroatoms. The summed E-state index contributed by atoms with van der Waals surface area (Å²) in [4.78, 5) is 18.3. The third-order valence-corrected chi connectivity index (χ3v) is 4.19. The van der Waals surface area contributed by atoms with Crippen LogP contribution in [0.15, 0.2) is 29.3 Å². The Morgan fingerprint density at radius 3 is 2.70 bits per heavy atom. The Morgan fingerprint density at radius 2 is 2.00 bits per heavy atom. The molecule has 0 spiro atoms. The van der Waals surface area contributed by atoms with E-state index in [-0.39, 0.29) is 12.5 Å². The van der Waals surface area contributed by atoms with E-state index in [1.807, 2.05) is 36.1 Å². The number of nitrogens with one attached hydrogen (secondary N) is 2. The van der Waals surface area contributed by atoms with Gasteiger partial charge in [0, 0.05) is 31.2 Å². The molecule has 5 nitrogen and oxygen atoms in total. The van der Waals surface area contributed by atoms with E-state index in [0.29, 0.717) is 12.5 Å². The summed E-state index contributed by atoms with van der Waals surface area (Å²) in [6.07, 6.45) is 3.02. The number of hydrogen-bond acceptors (Lipinski definition) is 2. The molecular formula is C17H25ClN4O. The average Bonchev–Trinajstić information content (AvgIpc) is 3.08. The summed E-state index contributed by atoms with van der Waals surface area (Å²) in [6, 6.07) is 7.82. The number of likely N-dealkylation sites (tertiary alicyclic amines) is 1. The lowest BCUT2D eigenvalue weighted by atomic mass is 10.1. The molecule has 1 aliphatic heterocycles. The number of halogens is 1. The van der Waals surface area contributed by atoms with Crippen molar-refractivity contribution >= 4 is 23.5 Å². The van der Waals surface area contributed by atoms with Gasteiger partial charge in [-0.25, -0.2) is 4.99 Å². The van der Waals surface area contributed by atoms with E-state index in [1.54, 1.807) is 0 Å². The van der Waals surface area contributed by atoms with Crippen LogP contribution < -0.4 is 10.6 Å². The van der Waals surface area contributed by atoms with Gasteiger partial charge in [0.1, 0.15) is 6.54 Å². The van der Waals surface area contributed by atoms with Crippen LogP contribution in [0.25, 0.3) is 0 Å². The van der Waals surface area contributed by atoms with Crippen molar-refractivity contribution in [1.29, 1.82) is 0 Å². The molecule has 0 radical (unpaired) electrons. The SMILES string of the molecule is CCNC(=NCC(=O)N1CCCC1)NCCc1ccccc1Cl. The van der Waals surface area contributed by atoms with Gasteiger partial charge in [0.05, 0.1) is 0 Å². The van der Waals surface area contributed by atoms with Crippen molar-refractivity contribution in [2.75, 3.05) is 32.7 Å². The number of rotatable bonds is 6. The van der Waals surface area contributed by atoms with E-state index >= 15 is 0 Å². The summed E-state index contributed by atoms with van der Waals surface area (Å²) < 4.78 is 0. The van der Waals surface area contributed by atoms with E-state index in [2.05, 4.69) is 15.6 Å². The van der Waals surface area contributed by atoms with Crippen LogP contribution in [0.5, 0.6) is 0 Å². The van der Waals surface area contributed by atoms with E-state index in [0.717, 1.165) is 49.5 Å². The fraction of sp³-hybridized carbons (Fsp3) is 0.529. The van der Waals surface area contributed by atoms with Crippen molar-refractivity contribution < 1.29 is 4.79 Å². The summed E-state index contributed by atoms with van der Waals surface area (Å²) in [7, 11) is 0. The lowest BCUT2D eigenvalue weighted by Crippen LogP contribution is -2.39. The van der Waals surface area contributed by atoms with Crippen molar-refractivity contribution in [3.63, 3.8) is 0 Å². The smallest absolute Gasteiger partial charge is 0.244 e. The van der Waals surface area contributed by atoms with E-state index in [1.165, 1.54) is 0 Å². The maximum atomic E-state index is 12.0. The Bertz CT molecular complexity index is 541. The molecule has 126 valence electrons. The van der Waals surface area contributed by atoms with E-state index < -0.39 is 0 Å². The van der Waals surface area contributed by atoms with Gasteiger partial charge in [0.25, 0.3) is 0 Å². The van der Waals surface area contributed by atoms with Gasteiger partial charge in [-0.05, 0) is 37.8 Å². The summed E-state index contributed by atoms with van der Waals surface area (Å²) >= 11 is 6.15. The average molecular weight is 337 g/mol. The lowest BCUT2D eigenvalue weighted by molar-refractivity contribution is -0.128. The molecule has 1 heterocycles. The highest BCUT2D eigenvalue weighted by molar-refractivity contribution is 6.31. The van der Waals surface area contributed by atoms with Crippen molar-refractivity contribution in [2.24, 2.45) is 4.99 Å². The second-order valence-corrected chi connectivity index (χ2v) is 5.96. The minimum Gasteiger partial charge on any atom is -0.357 e. The predicted molar refractivity (Wildman–Crippen MR) is 95.0 cm³/mol. The second kappa shape index (κ2) is 9.40. The van der Waals surface area contributed by atoms with E-state index in [9.17, 15) is 4.79 Å². The highest BCUT2D eigenvalue weighted by atomic mass is 35.5. The van der Waals surface area contributed by atoms with Crippen LogP contribution in [0.4, 0.5) is 0 Å². The lowest BCUT2D eigenvalue weighted by Gasteiger charge is -2.15. The van der Waals surface area contributed by atoms with Crippen LogP contribution in [0.2, 0.25) is 5.02 Å². The molecule has 1 aliphatic rings. The fourth-order valence-corrected chi connectivity index (χ4v) is 2.80. The monoisotopic (exact) mass is 336 g/mol. The Hall–Kier alpha value is -1.75. The number of aliphatic imine (C=N–C) groups is 1. The zero-order valence-electron chi connectivity index (χ0n) is 13.6. The standard InChI is InChI=1S/C17H25ClN4O/c1-2-19-17(21-13-16(23)22-11-5-6-12-22)20-10-9-14-7-3-4-8-15(14)18/h3-4,7-8H,2,5-6,9-13H2,1H3,(H2,19,20,21). The van der Waals surface area contributed by atoms with Crippen LogP contribution in [0.1, 0.15) is 25.3 Å². The highest BCUT2D eigenvalue weighted by Crippen LogP contribution is 2.14. The molecule has 0 unspecified atom stereocenters. The molecule has 2 N–H and O–H groups in total. The van der Waals surface area contributed by atoms with Crippen molar-refractivity contribution in [3.05, 3.63) is 34.9 Å².